The Morgan fingerprint density at radius 1 is 1.50 bits per heavy atom. The first kappa shape index (κ1) is 14.5. The summed E-state index contributed by atoms with van der Waals surface area (Å²) in [6.07, 6.45) is 6.98. The third-order valence-electron chi connectivity index (χ3n) is 4.79. The zero-order chi connectivity index (χ0) is 13.6. The lowest BCUT2D eigenvalue weighted by Crippen LogP contribution is -2.53. The van der Waals surface area contributed by atoms with Gasteiger partial charge in [-0.3, -0.25) is 0 Å². The molecule has 0 heterocycles. The maximum absolute atomic E-state index is 10.1. The van der Waals surface area contributed by atoms with Crippen molar-refractivity contribution in [1.29, 1.82) is 0 Å². The molecule has 2 aliphatic rings. The Morgan fingerprint density at radius 3 is 2.67 bits per heavy atom. The zero-order valence-electron chi connectivity index (χ0n) is 10.9. The molecular weight excluding hydrogens is 356 g/mol. The van der Waals surface area contributed by atoms with E-state index in [-0.39, 0.29) is 21.8 Å². The Bertz CT molecular complexity index is 422. The van der Waals surface area contributed by atoms with Crippen LogP contribution in [-0.2, 0) is 0 Å². The average molecular weight is 376 g/mol. The van der Waals surface area contributed by atoms with E-state index in [1.165, 1.54) is 11.1 Å². The van der Waals surface area contributed by atoms with E-state index in [0.29, 0.717) is 6.42 Å². The van der Waals surface area contributed by atoms with Crippen LogP contribution in [-0.4, -0.2) is 16.0 Å². The van der Waals surface area contributed by atoms with Crippen LogP contribution in [0.15, 0.2) is 34.9 Å². The van der Waals surface area contributed by atoms with E-state index in [1.54, 1.807) is 0 Å². The second kappa shape index (κ2) is 4.92. The topological polar surface area (TPSA) is 20.2 Å². The van der Waals surface area contributed by atoms with Crippen LogP contribution in [0.5, 0.6) is 0 Å². The summed E-state index contributed by atoms with van der Waals surface area (Å²) in [5.41, 5.74) is 2.46. The van der Waals surface area contributed by atoms with Gasteiger partial charge in [0.2, 0.25) is 0 Å². The Kier molecular flexibility index (Phi) is 3.97. The van der Waals surface area contributed by atoms with E-state index in [0.717, 1.165) is 12.8 Å². The molecule has 1 N–H and O–H groups in total. The Morgan fingerprint density at radius 2 is 2.17 bits per heavy atom. The predicted octanol–water partition coefficient (Wildman–Crippen LogP) is 4.71. The number of rotatable bonds is 0. The highest BCUT2D eigenvalue weighted by molar-refractivity contribution is 9.11. The predicted molar refractivity (Wildman–Crippen MR) is 84.1 cm³/mol. The number of hydrogen-bond acceptors (Lipinski definition) is 1. The van der Waals surface area contributed by atoms with Gasteiger partial charge in [-0.25, -0.2) is 0 Å². The van der Waals surface area contributed by atoms with E-state index in [4.69, 9.17) is 0 Å². The van der Waals surface area contributed by atoms with Gasteiger partial charge >= 0.3 is 0 Å². The quantitative estimate of drug-likeness (QED) is 0.480. The van der Waals surface area contributed by atoms with Crippen molar-refractivity contribution >= 4 is 31.9 Å². The van der Waals surface area contributed by atoms with Gasteiger partial charge in [-0.15, -0.1) is 0 Å². The smallest absolute Gasteiger partial charge is 0.0708 e. The highest BCUT2D eigenvalue weighted by Crippen LogP contribution is 2.60. The monoisotopic (exact) mass is 374 g/mol. The van der Waals surface area contributed by atoms with Crippen LogP contribution in [0.4, 0.5) is 0 Å². The molecule has 2 aliphatic carbocycles. The summed E-state index contributed by atoms with van der Waals surface area (Å²) in [5, 5.41) is 10.1. The van der Waals surface area contributed by atoms with Gasteiger partial charge in [0.25, 0.3) is 0 Å². The molecule has 2 rings (SSSR count). The molecule has 1 fully saturated rings. The van der Waals surface area contributed by atoms with Crippen molar-refractivity contribution in [3.05, 3.63) is 34.9 Å². The minimum Gasteiger partial charge on any atom is -0.392 e. The molecule has 0 aromatic heterocycles. The number of aliphatic hydroxyl groups excluding tert-OH is 1. The highest BCUT2D eigenvalue weighted by Gasteiger charge is 2.54. The SMILES string of the molecule is C=C1C[C@H](O)[C@H](Br)C(C)(C)[C@@]12C=C/C(=C\Br)CC2. The first-order valence-corrected chi connectivity index (χ1v) is 8.17. The summed E-state index contributed by atoms with van der Waals surface area (Å²) >= 11 is 7.10. The number of halogens is 2. The molecule has 0 bridgehead atoms. The largest absolute Gasteiger partial charge is 0.392 e. The lowest BCUT2D eigenvalue weighted by Gasteiger charge is -2.55. The summed E-state index contributed by atoms with van der Waals surface area (Å²) in [5.74, 6) is 0. The van der Waals surface area contributed by atoms with Crippen molar-refractivity contribution in [3.63, 3.8) is 0 Å². The highest BCUT2D eigenvalue weighted by atomic mass is 79.9. The van der Waals surface area contributed by atoms with Crippen molar-refractivity contribution in [3.8, 4) is 0 Å². The average Bonchev–Trinajstić information content (AvgIpc) is 2.35. The summed E-state index contributed by atoms with van der Waals surface area (Å²) in [6.45, 7) is 8.72. The van der Waals surface area contributed by atoms with Gasteiger partial charge in [0.1, 0.15) is 0 Å². The molecule has 18 heavy (non-hydrogen) atoms. The number of aliphatic hydroxyl groups is 1. The third kappa shape index (κ3) is 1.99. The summed E-state index contributed by atoms with van der Waals surface area (Å²) < 4.78 is 0. The molecule has 0 saturated heterocycles. The Labute approximate surface area is 126 Å². The second-order valence-electron chi connectivity index (χ2n) is 5.99. The Balaban J connectivity index is 2.45. The fourth-order valence-corrected chi connectivity index (χ4v) is 4.38. The maximum atomic E-state index is 10.1. The standard InChI is InChI=1S/C15H20Br2O/c1-10-8-12(18)13(17)14(2,3)15(10)6-4-11(9-16)5-7-15/h4,6,9,12-13,18H,1,5,7-8H2,2-3H3/b11-9+/t12-,13-,15+/m0/s1. The van der Waals surface area contributed by atoms with E-state index in [1.807, 2.05) is 4.99 Å². The van der Waals surface area contributed by atoms with Gasteiger partial charge in [0.15, 0.2) is 0 Å². The lowest BCUT2D eigenvalue weighted by atomic mass is 9.52. The molecule has 0 amide bonds. The summed E-state index contributed by atoms with van der Waals surface area (Å²) in [7, 11) is 0. The first-order chi connectivity index (χ1) is 8.35. The molecule has 100 valence electrons. The molecule has 0 aliphatic heterocycles. The minimum atomic E-state index is -0.334. The van der Waals surface area contributed by atoms with Crippen LogP contribution in [0, 0.1) is 10.8 Å². The van der Waals surface area contributed by atoms with Crippen molar-refractivity contribution in [2.75, 3.05) is 0 Å². The molecule has 3 heteroatoms. The minimum absolute atomic E-state index is 0.0000926. The molecule has 3 atom stereocenters. The maximum Gasteiger partial charge on any atom is 0.0708 e. The van der Waals surface area contributed by atoms with Crippen molar-refractivity contribution in [2.24, 2.45) is 10.8 Å². The molecule has 0 unspecified atom stereocenters. The molecule has 0 aromatic carbocycles. The van der Waals surface area contributed by atoms with Crippen LogP contribution in [0.2, 0.25) is 0 Å². The fourth-order valence-electron chi connectivity index (χ4n) is 3.40. The van der Waals surface area contributed by atoms with Crippen LogP contribution in [0.25, 0.3) is 0 Å². The van der Waals surface area contributed by atoms with Crippen LogP contribution < -0.4 is 0 Å². The number of hydrogen-bond donors (Lipinski definition) is 1. The van der Waals surface area contributed by atoms with Crippen molar-refractivity contribution < 1.29 is 5.11 Å². The van der Waals surface area contributed by atoms with Crippen LogP contribution in [0.1, 0.15) is 33.1 Å². The van der Waals surface area contributed by atoms with Gasteiger partial charge in [-0.2, -0.15) is 0 Å². The fraction of sp³-hybridized carbons (Fsp3) is 0.600. The van der Waals surface area contributed by atoms with E-state index in [9.17, 15) is 5.11 Å². The third-order valence-corrected chi connectivity index (χ3v) is 7.14. The first-order valence-electron chi connectivity index (χ1n) is 6.34. The van der Waals surface area contributed by atoms with Gasteiger partial charge in [0.05, 0.1) is 6.10 Å². The van der Waals surface area contributed by atoms with Crippen molar-refractivity contribution in [1.82, 2.24) is 0 Å². The van der Waals surface area contributed by atoms with Crippen LogP contribution >= 0.6 is 31.9 Å². The van der Waals surface area contributed by atoms with Gasteiger partial charge < -0.3 is 5.11 Å². The second-order valence-corrected chi connectivity index (χ2v) is 7.43. The van der Waals surface area contributed by atoms with Crippen LogP contribution in [0.3, 0.4) is 0 Å². The Hall–Kier alpha value is 0.140. The molecule has 0 radical (unpaired) electrons. The molecule has 0 aromatic rings. The lowest BCUT2D eigenvalue weighted by molar-refractivity contribution is 0.0288. The van der Waals surface area contributed by atoms with E-state index in [2.05, 4.69) is 64.4 Å². The normalized spacial score (nSPS) is 41.6. The molecule has 1 spiro atoms. The summed E-state index contributed by atoms with van der Waals surface area (Å²) in [4.78, 5) is 2.10. The number of allylic oxidation sites excluding steroid dienone is 3. The molecule has 1 saturated carbocycles. The van der Waals surface area contributed by atoms with E-state index < -0.39 is 0 Å². The summed E-state index contributed by atoms with van der Waals surface area (Å²) in [6, 6.07) is 0. The van der Waals surface area contributed by atoms with Gasteiger partial charge in [0, 0.05) is 10.2 Å². The van der Waals surface area contributed by atoms with Crippen molar-refractivity contribution in [2.45, 2.75) is 44.0 Å². The molecular formula is C15H20Br2O. The van der Waals surface area contributed by atoms with Gasteiger partial charge in [-0.1, -0.05) is 70.0 Å². The van der Waals surface area contributed by atoms with E-state index >= 15 is 0 Å². The zero-order valence-corrected chi connectivity index (χ0v) is 14.1. The number of alkyl halides is 1. The molecule has 1 nitrogen and oxygen atoms in total. The van der Waals surface area contributed by atoms with Gasteiger partial charge in [-0.05, 0) is 35.2 Å².